The predicted octanol–water partition coefficient (Wildman–Crippen LogP) is 7.63. The molecule has 7 aromatic rings. The van der Waals surface area contributed by atoms with Gasteiger partial charge in [-0.2, -0.15) is 0 Å². The lowest BCUT2D eigenvalue weighted by Gasteiger charge is -2.29. The van der Waals surface area contributed by atoms with Crippen LogP contribution >= 0.6 is 0 Å². The zero-order valence-corrected chi connectivity index (χ0v) is 35.5. The Morgan fingerprint density at radius 2 is 1.44 bits per heavy atom. The van der Waals surface area contributed by atoms with Crippen molar-refractivity contribution in [3.63, 3.8) is 0 Å². The van der Waals surface area contributed by atoms with Crippen LogP contribution in [-0.4, -0.2) is 99.8 Å². The van der Waals surface area contributed by atoms with Crippen LogP contribution in [0.1, 0.15) is 49.9 Å². The van der Waals surface area contributed by atoms with Crippen LogP contribution in [0.2, 0.25) is 0 Å². The lowest BCUT2D eigenvalue weighted by atomic mass is 9.97. The lowest BCUT2D eigenvalue weighted by molar-refractivity contribution is -0.135. The summed E-state index contributed by atoms with van der Waals surface area (Å²) in [5.41, 5.74) is 6.30. The van der Waals surface area contributed by atoms with E-state index in [0.29, 0.717) is 49.9 Å². The van der Waals surface area contributed by atoms with Crippen LogP contribution in [0.15, 0.2) is 103 Å². The molecule has 1 aliphatic rings. The Morgan fingerprint density at radius 3 is 2.16 bits per heavy atom. The average molecular weight is 851 g/mol. The topological polar surface area (TPSA) is 184 Å². The van der Waals surface area contributed by atoms with Crippen molar-refractivity contribution in [2.24, 2.45) is 0 Å². The van der Waals surface area contributed by atoms with Crippen LogP contribution in [-0.2, 0) is 36.9 Å². The molecule has 1 aliphatic heterocycles. The number of aromatic amines is 2. The molecule has 0 aliphatic carbocycles. The van der Waals surface area contributed by atoms with Gasteiger partial charge in [-0.25, -0.2) is 19.6 Å². The lowest BCUT2D eigenvalue weighted by Crippen LogP contribution is -2.46. The highest BCUT2D eigenvalue weighted by Gasteiger charge is 2.31. The molecule has 15 nitrogen and oxygen atoms in total. The summed E-state index contributed by atoms with van der Waals surface area (Å²) in [6.07, 6.45) is 1.63. The molecule has 0 radical (unpaired) electrons. The first kappa shape index (κ1) is 42.4. The third-order valence-corrected chi connectivity index (χ3v) is 11.1. The highest BCUT2D eigenvalue weighted by atomic mass is 16.6. The molecule has 15 heteroatoms. The summed E-state index contributed by atoms with van der Waals surface area (Å²) >= 11 is 0. The molecule has 1 atom stereocenters. The SMILES string of the molecule is CCCN(Cc1nc2c(ccc3cc(-c4ccc5cc(-c6cnc(CN(CCC)C(=O)[C@H](NC(=O)OC7COC7)c7ccccc7)[nH]6)ccc5c4)ccc32)[nH]1)C(=O)CNC(=O)OC. The minimum atomic E-state index is -0.932. The molecular weight excluding hydrogens is 801 g/mol. The molecule has 0 unspecified atom stereocenters. The van der Waals surface area contributed by atoms with Crippen molar-refractivity contribution < 1.29 is 33.4 Å². The maximum atomic E-state index is 14.1. The number of H-pyrrole nitrogens is 2. The van der Waals surface area contributed by atoms with Crippen LogP contribution in [0, 0.1) is 0 Å². The summed E-state index contributed by atoms with van der Waals surface area (Å²) in [6.45, 7) is 6.04. The molecule has 3 heterocycles. The first-order valence-electron chi connectivity index (χ1n) is 21.2. The molecule has 1 saturated heterocycles. The van der Waals surface area contributed by atoms with Gasteiger partial charge in [0.2, 0.25) is 11.8 Å². The smallest absolute Gasteiger partial charge is 0.408 e. The van der Waals surface area contributed by atoms with Crippen LogP contribution in [0.5, 0.6) is 0 Å². The van der Waals surface area contributed by atoms with Crippen molar-refractivity contribution >= 4 is 56.6 Å². The van der Waals surface area contributed by atoms with Gasteiger partial charge in [-0.15, -0.1) is 0 Å². The number of benzene rings is 5. The van der Waals surface area contributed by atoms with Crippen molar-refractivity contribution in [3.8, 4) is 22.4 Å². The summed E-state index contributed by atoms with van der Waals surface area (Å²) in [5, 5.41) is 9.44. The van der Waals surface area contributed by atoms with Gasteiger partial charge in [0.05, 0.1) is 56.3 Å². The van der Waals surface area contributed by atoms with Gasteiger partial charge in [-0.05, 0) is 70.0 Å². The van der Waals surface area contributed by atoms with E-state index < -0.39 is 18.2 Å². The van der Waals surface area contributed by atoms with Crippen LogP contribution < -0.4 is 10.6 Å². The summed E-state index contributed by atoms with van der Waals surface area (Å²) in [5.74, 6) is 0.813. The molecule has 0 saturated carbocycles. The Morgan fingerprint density at radius 1 is 0.778 bits per heavy atom. The Hall–Kier alpha value is -7.26. The number of rotatable bonds is 16. The number of hydrogen-bond donors (Lipinski definition) is 4. The van der Waals surface area contributed by atoms with E-state index >= 15 is 0 Å². The molecule has 5 aromatic carbocycles. The zero-order chi connectivity index (χ0) is 43.9. The normalized spacial score (nSPS) is 13.1. The summed E-state index contributed by atoms with van der Waals surface area (Å²) in [7, 11) is 1.26. The molecule has 0 spiro atoms. The van der Waals surface area contributed by atoms with Crippen molar-refractivity contribution in [1.82, 2.24) is 40.4 Å². The largest absolute Gasteiger partial charge is 0.453 e. The van der Waals surface area contributed by atoms with Crippen LogP contribution in [0.4, 0.5) is 9.59 Å². The summed E-state index contributed by atoms with van der Waals surface area (Å²) in [6, 6.07) is 31.4. The van der Waals surface area contributed by atoms with Crippen molar-refractivity contribution in [2.45, 2.75) is 51.9 Å². The third kappa shape index (κ3) is 9.79. The Kier molecular flexibility index (Phi) is 12.9. The van der Waals surface area contributed by atoms with E-state index in [1.807, 2.05) is 50.2 Å². The van der Waals surface area contributed by atoms with Crippen molar-refractivity contribution in [2.75, 3.05) is 40.0 Å². The fourth-order valence-corrected chi connectivity index (χ4v) is 7.78. The molecule has 0 bridgehead atoms. The van der Waals surface area contributed by atoms with E-state index in [-0.39, 0.29) is 37.6 Å². The number of hydrogen-bond acceptors (Lipinski definition) is 9. The number of nitrogens with one attached hydrogen (secondary N) is 4. The molecule has 2 aromatic heterocycles. The maximum Gasteiger partial charge on any atom is 0.408 e. The van der Waals surface area contributed by atoms with E-state index in [0.717, 1.165) is 61.4 Å². The van der Waals surface area contributed by atoms with Crippen LogP contribution in [0.25, 0.3) is 55.0 Å². The van der Waals surface area contributed by atoms with Gasteiger partial charge in [0.15, 0.2) is 6.10 Å². The molecule has 8 rings (SSSR count). The first-order valence-corrected chi connectivity index (χ1v) is 21.2. The molecule has 4 amide bonds. The van der Waals surface area contributed by atoms with E-state index in [1.165, 1.54) is 7.11 Å². The van der Waals surface area contributed by atoms with Gasteiger partial charge in [-0.3, -0.25) is 9.59 Å². The Balaban J connectivity index is 0.962. The Labute approximate surface area is 364 Å². The Bertz CT molecular complexity index is 2760. The maximum absolute atomic E-state index is 14.1. The first-order chi connectivity index (χ1) is 30.7. The molecule has 1 fully saturated rings. The molecule has 324 valence electrons. The van der Waals surface area contributed by atoms with Gasteiger partial charge in [-0.1, -0.05) is 86.6 Å². The summed E-state index contributed by atoms with van der Waals surface area (Å²) < 4.78 is 15.2. The second kappa shape index (κ2) is 19.2. The number of methoxy groups -OCH3 is 1. The summed E-state index contributed by atoms with van der Waals surface area (Å²) in [4.78, 5) is 71.0. The number of aromatic nitrogens is 4. The van der Waals surface area contributed by atoms with Gasteiger partial charge in [0, 0.05) is 24.0 Å². The minimum Gasteiger partial charge on any atom is -0.453 e. The van der Waals surface area contributed by atoms with Gasteiger partial charge in [0.25, 0.3) is 0 Å². The minimum absolute atomic E-state index is 0.155. The molecule has 63 heavy (non-hydrogen) atoms. The molecule has 4 N–H and O–H groups in total. The highest BCUT2D eigenvalue weighted by Crippen LogP contribution is 2.32. The average Bonchev–Trinajstić information content (AvgIpc) is 3.95. The van der Waals surface area contributed by atoms with Gasteiger partial charge in [0.1, 0.15) is 24.2 Å². The van der Waals surface area contributed by atoms with E-state index in [4.69, 9.17) is 14.5 Å². The van der Waals surface area contributed by atoms with Gasteiger partial charge < -0.3 is 44.6 Å². The zero-order valence-electron chi connectivity index (χ0n) is 35.5. The second-order valence-electron chi connectivity index (χ2n) is 15.6. The highest BCUT2D eigenvalue weighted by molar-refractivity contribution is 6.05. The number of imidazole rings is 2. The third-order valence-electron chi connectivity index (χ3n) is 11.1. The van der Waals surface area contributed by atoms with Crippen molar-refractivity contribution in [1.29, 1.82) is 0 Å². The molecular formula is C48H50N8O7. The monoisotopic (exact) mass is 850 g/mol. The number of carbonyl (C=O) groups is 4. The van der Waals surface area contributed by atoms with E-state index in [1.54, 1.807) is 16.0 Å². The van der Waals surface area contributed by atoms with Crippen LogP contribution in [0.3, 0.4) is 0 Å². The fourth-order valence-electron chi connectivity index (χ4n) is 7.78. The van der Waals surface area contributed by atoms with Gasteiger partial charge >= 0.3 is 12.2 Å². The number of amides is 4. The van der Waals surface area contributed by atoms with Crippen molar-refractivity contribution in [3.05, 3.63) is 120 Å². The second-order valence-corrected chi connectivity index (χ2v) is 15.6. The number of alkyl carbamates (subject to hydrolysis) is 2. The standard InChI is InChI=1S/C48H50N8O7/c1-4-19-55(43(57)25-50-47(59)61-3)27-42-51-39-18-16-35-22-34(15-17-38(35)45(39)53-42)31-11-12-33-23-36(14-13-32(33)21-31)40-24-49-41(52-40)26-56(20-5-2)46(58)44(30-9-7-6-8-10-30)54-48(60)63-37-28-62-29-37/h6-18,21-24,37,44H,4-5,19-20,25-29H2,1-3H3,(H,49,52)(H,50,59)(H,51,53)(H,54,60)/t44-/m1/s1. The van der Waals surface area contributed by atoms with E-state index in [9.17, 15) is 19.2 Å². The quantitative estimate of drug-likeness (QED) is 0.0760. The van der Waals surface area contributed by atoms with E-state index in [2.05, 4.69) is 91.0 Å². The number of ether oxygens (including phenoxy) is 3. The number of nitrogens with zero attached hydrogens (tertiary/aromatic N) is 4. The predicted molar refractivity (Wildman–Crippen MR) is 239 cm³/mol. The number of carbonyl (C=O) groups excluding carboxylic acids is 4. The fraction of sp³-hybridized carbons (Fsp3) is 0.292. The number of fused-ring (bicyclic) bond motifs is 4.